The summed E-state index contributed by atoms with van der Waals surface area (Å²) in [6.45, 7) is 1.78. The van der Waals surface area contributed by atoms with Gasteiger partial charge >= 0.3 is 0 Å². The summed E-state index contributed by atoms with van der Waals surface area (Å²) >= 11 is 0. The third-order valence-electron chi connectivity index (χ3n) is 2.13. The Balaban J connectivity index is 0.000000845. The van der Waals surface area contributed by atoms with Crippen LogP contribution in [0.4, 0.5) is 0 Å². The predicted molar refractivity (Wildman–Crippen MR) is 55.7 cm³/mol. The minimum atomic E-state index is 0. The Morgan fingerprint density at radius 2 is 2.31 bits per heavy atom. The lowest BCUT2D eigenvalue weighted by atomic mass is 10.1. The van der Waals surface area contributed by atoms with Crippen molar-refractivity contribution in [3.05, 3.63) is 29.3 Å². The van der Waals surface area contributed by atoms with Crippen molar-refractivity contribution in [3.63, 3.8) is 0 Å². The van der Waals surface area contributed by atoms with Crippen molar-refractivity contribution < 1.29 is 4.74 Å². The van der Waals surface area contributed by atoms with Crippen molar-refractivity contribution >= 4 is 12.4 Å². The van der Waals surface area contributed by atoms with Crippen LogP contribution in [-0.2, 0) is 13.0 Å². The molecule has 0 spiro atoms. The van der Waals surface area contributed by atoms with Gasteiger partial charge in [0, 0.05) is 13.0 Å². The summed E-state index contributed by atoms with van der Waals surface area (Å²) in [6, 6.07) is 6.40. The molecule has 0 saturated heterocycles. The molecule has 0 fully saturated rings. The third-order valence-corrected chi connectivity index (χ3v) is 2.13. The minimum Gasteiger partial charge on any atom is -0.493 e. The molecule has 0 aliphatic carbocycles. The minimum absolute atomic E-state index is 0. The highest BCUT2D eigenvalue weighted by atomic mass is 35.5. The van der Waals surface area contributed by atoms with Gasteiger partial charge in [-0.15, -0.1) is 12.4 Å². The van der Waals surface area contributed by atoms with Crippen LogP contribution in [0.2, 0.25) is 0 Å². The summed E-state index contributed by atoms with van der Waals surface area (Å²) in [5, 5.41) is 3.13. The van der Waals surface area contributed by atoms with Crippen molar-refractivity contribution in [3.8, 4) is 5.75 Å². The first kappa shape index (κ1) is 10.4. The quantitative estimate of drug-likeness (QED) is 0.784. The van der Waals surface area contributed by atoms with Gasteiger partial charge in [-0.1, -0.05) is 12.1 Å². The second-order valence-corrected chi connectivity index (χ2v) is 3.07. The number of halogens is 1. The molecule has 2 nitrogen and oxygen atoms in total. The summed E-state index contributed by atoms with van der Waals surface area (Å²) in [6.07, 6.45) is 1.06. The molecule has 1 N–H and O–H groups in total. The Labute approximate surface area is 84.7 Å². The highest BCUT2D eigenvalue weighted by Gasteiger charge is 2.11. The first-order valence-electron chi connectivity index (χ1n) is 4.29. The molecule has 0 bridgehead atoms. The van der Waals surface area contributed by atoms with Gasteiger partial charge in [0.25, 0.3) is 0 Å². The van der Waals surface area contributed by atoms with E-state index >= 15 is 0 Å². The van der Waals surface area contributed by atoms with Gasteiger partial charge in [-0.2, -0.15) is 0 Å². The molecular weight excluding hydrogens is 186 g/mol. The van der Waals surface area contributed by atoms with E-state index < -0.39 is 0 Å². The van der Waals surface area contributed by atoms with Crippen molar-refractivity contribution in [1.82, 2.24) is 5.32 Å². The highest BCUT2D eigenvalue weighted by Crippen LogP contribution is 2.25. The van der Waals surface area contributed by atoms with Crippen molar-refractivity contribution in [2.45, 2.75) is 13.0 Å². The van der Waals surface area contributed by atoms with E-state index in [2.05, 4.69) is 23.5 Å². The lowest BCUT2D eigenvalue weighted by Gasteiger charge is -2.02. The number of hydrogen-bond acceptors (Lipinski definition) is 2. The number of ether oxygens (including phenoxy) is 1. The van der Waals surface area contributed by atoms with Gasteiger partial charge in [0.05, 0.1) is 6.61 Å². The van der Waals surface area contributed by atoms with E-state index in [9.17, 15) is 0 Å². The molecule has 0 aromatic heterocycles. The topological polar surface area (TPSA) is 21.3 Å². The van der Waals surface area contributed by atoms with Crippen LogP contribution >= 0.6 is 12.4 Å². The molecule has 3 heteroatoms. The Hall–Kier alpha value is -0.730. The second kappa shape index (κ2) is 4.49. The maximum Gasteiger partial charge on any atom is 0.122 e. The lowest BCUT2D eigenvalue weighted by molar-refractivity contribution is 0.357. The second-order valence-electron chi connectivity index (χ2n) is 3.07. The van der Waals surface area contributed by atoms with Crippen LogP contribution in [0.3, 0.4) is 0 Å². The van der Waals surface area contributed by atoms with Crippen LogP contribution in [0.25, 0.3) is 0 Å². The Bertz CT molecular complexity index is 288. The van der Waals surface area contributed by atoms with Crippen LogP contribution in [0.5, 0.6) is 5.75 Å². The summed E-state index contributed by atoms with van der Waals surface area (Å²) in [5.41, 5.74) is 2.68. The average Bonchev–Trinajstić information content (AvgIpc) is 2.51. The molecule has 0 radical (unpaired) electrons. The molecule has 72 valence electrons. The fraction of sp³-hybridized carbons (Fsp3) is 0.400. The zero-order valence-corrected chi connectivity index (χ0v) is 8.49. The maximum absolute atomic E-state index is 5.41. The summed E-state index contributed by atoms with van der Waals surface area (Å²) in [5.74, 6) is 1.06. The van der Waals surface area contributed by atoms with E-state index in [1.165, 1.54) is 11.1 Å². The summed E-state index contributed by atoms with van der Waals surface area (Å²) in [4.78, 5) is 0. The molecule has 13 heavy (non-hydrogen) atoms. The van der Waals surface area contributed by atoms with Gasteiger partial charge in [0.1, 0.15) is 5.75 Å². The van der Waals surface area contributed by atoms with Crippen molar-refractivity contribution in [1.29, 1.82) is 0 Å². The van der Waals surface area contributed by atoms with Gasteiger partial charge in [0.2, 0.25) is 0 Å². The average molecular weight is 200 g/mol. The van der Waals surface area contributed by atoms with E-state index in [1.807, 2.05) is 7.05 Å². The number of nitrogens with one attached hydrogen (secondary N) is 1. The molecule has 1 aliphatic rings. The molecule has 0 saturated carbocycles. The van der Waals surface area contributed by atoms with E-state index in [0.29, 0.717) is 0 Å². The third kappa shape index (κ3) is 2.14. The van der Waals surface area contributed by atoms with Gasteiger partial charge in [-0.05, 0) is 24.2 Å². The molecule has 1 aromatic rings. The van der Waals surface area contributed by atoms with E-state index in [-0.39, 0.29) is 12.4 Å². The van der Waals surface area contributed by atoms with E-state index in [1.54, 1.807) is 0 Å². The van der Waals surface area contributed by atoms with Gasteiger partial charge in [-0.3, -0.25) is 0 Å². The molecule has 0 unspecified atom stereocenters. The van der Waals surface area contributed by atoms with Crippen molar-refractivity contribution in [2.24, 2.45) is 0 Å². The van der Waals surface area contributed by atoms with Gasteiger partial charge in [0.15, 0.2) is 0 Å². The van der Waals surface area contributed by atoms with Crippen LogP contribution in [0.15, 0.2) is 18.2 Å². The Morgan fingerprint density at radius 3 is 3.08 bits per heavy atom. The maximum atomic E-state index is 5.41. The predicted octanol–water partition coefficient (Wildman–Crippen LogP) is 1.76. The molecule has 1 aliphatic heterocycles. The SMILES string of the molecule is CNCc1ccc2c(c1)CCO2.Cl. The monoisotopic (exact) mass is 199 g/mol. The zero-order valence-electron chi connectivity index (χ0n) is 7.67. The first-order valence-corrected chi connectivity index (χ1v) is 4.29. The highest BCUT2D eigenvalue weighted by molar-refractivity contribution is 5.85. The number of fused-ring (bicyclic) bond motifs is 1. The fourth-order valence-electron chi connectivity index (χ4n) is 1.55. The van der Waals surface area contributed by atoms with Crippen LogP contribution in [0.1, 0.15) is 11.1 Å². The number of hydrogen-bond donors (Lipinski definition) is 1. The standard InChI is InChI=1S/C10H13NO.ClH/c1-11-7-8-2-3-10-9(6-8)4-5-12-10;/h2-3,6,11H,4-5,7H2,1H3;1H. The summed E-state index contributed by atoms with van der Waals surface area (Å²) < 4.78 is 5.41. The van der Waals surface area contributed by atoms with Gasteiger partial charge < -0.3 is 10.1 Å². The lowest BCUT2D eigenvalue weighted by Crippen LogP contribution is -2.04. The van der Waals surface area contributed by atoms with Crippen LogP contribution in [-0.4, -0.2) is 13.7 Å². The van der Waals surface area contributed by atoms with Crippen LogP contribution < -0.4 is 10.1 Å². The van der Waals surface area contributed by atoms with E-state index in [4.69, 9.17) is 4.74 Å². The largest absolute Gasteiger partial charge is 0.493 e. The van der Waals surface area contributed by atoms with E-state index in [0.717, 1.165) is 25.3 Å². The Morgan fingerprint density at radius 1 is 1.46 bits per heavy atom. The fourth-order valence-corrected chi connectivity index (χ4v) is 1.55. The molecule has 1 aromatic carbocycles. The van der Waals surface area contributed by atoms with Crippen molar-refractivity contribution in [2.75, 3.05) is 13.7 Å². The van der Waals surface area contributed by atoms with Crippen LogP contribution in [0, 0.1) is 0 Å². The molecule has 0 atom stereocenters. The van der Waals surface area contributed by atoms with Gasteiger partial charge in [-0.25, -0.2) is 0 Å². The number of rotatable bonds is 2. The molecule has 1 heterocycles. The molecule has 0 amide bonds. The zero-order chi connectivity index (χ0) is 8.39. The Kier molecular flexibility index (Phi) is 3.58. The summed E-state index contributed by atoms with van der Waals surface area (Å²) in [7, 11) is 1.96. The molecule has 2 rings (SSSR count). The first-order chi connectivity index (χ1) is 5.90. The normalized spacial score (nSPS) is 13.0. The smallest absolute Gasteiger partial charge is 0.122 e. The number of benzene rings is 1. The molecular formula is C10H14ClNO.